The Morgan fingerprint density at radius 1 is 1.03 bits per heavy atom. The highest BCUT2D eigenvalue weighted by molar-refractivity contribution is 7.99. The van der Waals surface area contributed by atoms with Gasteiger partial charge < -0.3 is 10.6 Å². The molecule has 0 bridgehead atoms. The smallest absolute Gasteiger partial charge is 0.256 e. The Morgan fingerprint density at radius 3 is 2.63 bits per heavy atom. The molecule has 5 aromatic rings. The minimum atomic E-state index is -0.735. The lowest BCUT2D eigenvalue weighted by Gasteiger charge is -2.12. The van der Waals surface area contributed by atoms with E-state index in [4.69, 9.17) is 23.2 Å². The van der Waals surface area contributed by atoms with Gasteiger partial charge in [-0.05, 0) is 42.5 Å². The molecule has 2 heterocycles. The van der Waals surface area contributed by atoms with Crippen molar-refractivity contribution in [2.45, 2.75) is 11.7 Å². The molecule has 192 valence electrons. The number of thioether (sulfide) groups is 1. The molecule has 2 aromatic heterocycles. The summed E-state index contributed by atoms with van der Waals surface area (Å²) in [6, 6.07) is 18.6. The van der Waals surface area contributed by atoms with Crippen LogP contribution in [0.3, 0.4) is 0 Å². The molecule has 2 N–H and O–H groups in total. The molecule has 0 aliphatic rings. The summed E-state index contributed by atoms with van der Waals surface area (Å²) in [4.78, 5) is 29.7. The third kappa shape index (κ3) is 5.81. The number of amides is 2. The number of nitrogens with zero attached hydrogens (tertiary/aromatic N) is 4. The topological polar surface area (TPSA) is 102 Å². The van der Waals surface area contributed by atoms with Crippen molar-refractivity contribution >= 4 is 73.5 Å². The van der Waals surface area contributed by atoms with Gasteiger partial charge in [0.05, 0.1) is 38.8 Å². The first kappa shape index (κ1) is 26.1. The van der Waals surface area contributed by atoms with Gasteiger partial charge in [-0.3, -0.25) is 14.2 Å². The zero-order valence-electron chi connectivity index (χ0n) is 19.3. The minimum absolute atomic E-state index is 0.00538. The van der Waals surface area contributed by atoms with E-state index >= 15 is 0 Å². The van der Waals surface area contributed by atoms with E-state index < -0.39 is 11.7 Å². The molecule has 0 aliphatic carbocycles. The van der Waals surface area contributed by atoms with E-state index in [2.05, 4.69) is 25.8 Å². The monoisotopic (exact) mass is 586 g/mol. The van der Waals surface area contributed by atoms with E-state index in [9.17, 15) is 14.0 Å². The number of rotatable bonds is 8. The number of carbonyl (C=O) groups excluding carboxylic acids is 2. The number of thiazole rings is 1. The van der Waals surface area contributed by atoms with Gasteiger partial charge in [-0.1, -0.05) is 70.6 Å². The number of benzene rings is 3. The standard InChI is InChI=1S/C25H17Cl2FN6O2S2/c26-14-5-3-6-15(11-14)34-20(12-29-23(36)22-16(27)7-4-8-17(22)28)32-33-25(34)37-13-21(35)31-24-30-18-9-1-2-10-19(18)38-24/h1-11H,12-13H2,(H,29,36)(H,30,31,35). The van der Waals surface area contributed by atoms with Crippen molar-refractivity contribution in [3.05, 3.63) is 94.0 Å². The van der Waals surface area contributed by atoms with Gasteiger partial charge in [0, 0.05) is 5.02 Å². The largest absolute Gasteiger partial charge is 0.345 e. The van der Waals surface area contributed by atoms with Crippen LogP contribution >= 0.6 is 46.3 Å². The summed E-state index contributed by atoms with van der Waals surface area (Å²) in [7, 11) is 0. The maximum absolute atomic E-state index is 14.2. The first-order chi connectivity index (χ1) is 18.4. The van der Waals surface area contributed by atoms with Crippen molar-refractivity contribution in [2.75, 3.05) is 11.1 Å². The Bertz CT molecular complexity index is 1600. The van der Waals surface area contributed by atoms with E-state index in [0.29, 0.717) is 26.8 Å². The highest BCUT2D eigenvalue weighted by Crippen LogP contribution is 2.27. The Hall–Kier alpha value is -3.51. The van der Waals surface area contributed by atoms with Crippen molar-refractivity contribution in [1.82, 2.24) is 25.1 Å². The number of aromatic nitrogens is 4. The lowest BCUT2D eigenvalue weighted by atomic mass is 10.2. The number of anilines is 1. The summed E-state index contributed by atoms with van der Waals surface area (Å²) in [6.07, 6.45) is 0. The second-order valence-corrected chi connectivity index (χ2v) is 10.6. The Kier molecular flexibility index (Phi) is 7.89. The predicted molar refractivity (Wildman–Crippen MR) is 148 cm³/mol. The Balaban J connectivity index is 1.33. The second-order valence-electron chi connectivity index (χ2n) is 7.82. The van der Waals surface area contributed by atoms with Crippen LogP contribution in [0.1, 0.15) is 16.2 Å². The average molecular weight is 587 g/mol. The van der Waals surface area contributed by atoms with Gasteiger partial charge in [0.15, 0.2) is 16.1 Å². The maximum atomic E-state index is 14.2. The van der Waals surface area contributed by atoms with Crippen LogP contribution in [-0.2, 0) is 11.3 Å². The molecule has 0 radical (unpaired) electrons. The van der Waals surface area contributed by atoms with E-state index in [1.165, 1.54) is 23.5 Å². The summed E-state index contributed by atoms with van der Waals surface area (Å²) in [5.41, 5.74) is 1.18. The van der Waals surface area contributed by atoms with Crippen LogP contribution in [0.4, 0.5) is 9.52 Å². The summed E-state index contributed by atoms with van der Waals surface area (Å²) in [5.74, 6) is -1.31. The number of hydrogen-bond donors (Lipinski definition) is 2. The molecule has 0 spiro atoms. The normalized spacial score (nSPS) is 11.0. The number of para-hydroxylation sites is 1. The molecule has 0 saturated heterocycles. The van der Waals surface area contributed by atoms with Crippen LogP contribution in [0.5, 0.6) is 0 Å². The molecule has 3 aromatic carbocycles. The van der Waals surface area contributed by atoms with Gasteiger partial charge in [0.25, 0.3) is 5.91 Å². The molecular formula is C25H17Cl2FN6O2S2. The van der Waals surface area contributed by atoms with Gasteiger partial charge in [-0.25, -0.2) is 9.37 Å². The van der Waals surface area contributed by atoms with Crippen LogP contribution in [0.15, 0.2) is 71.9 Å². The molecule has 13 heteroatoms. The van der Waals surface area contributed by atoms with Gasteiger partial charge in [0.1, 0.15) is 5.82 Å². The number of carbonyl (C=O) groups is 2. The predicted octanol–water partition coefficient (Wildman–Crippen LogP) is 5.98. The first-order valence-corrected chi connectivity index (χ1v) is 13.7. The zero-order chi connectivity index (χ0) is 26.6. The van der Waals surface area contributed by atoms with Gasteiger partial charge in [-0.15, -0.1) is 10.2 Å². The fraction of sp³-hybridized carbons (Fsp3) is 0.0800. The minimum Gasteiger partial charge on any atom is -0.345 e. The fourth-order valence-electron chi connectivity index (χ4n) is 3.56. The summed E-state index contributed by atoms with van der Waals surface area (Å²) in [6.45, 7) is -0.0819. The van der Waals surface area contributed by atoms with E-state index in [0.717, 1.165) is 28.0 Å². The molecule has 0 saturated carbocycles. The van der Waals surface area contributed by atoms with Crippen molar-refractivity contribution in [1.29, 1.82) is 0 Å². The average Bonchev–Trinajstić information content (AvgIpc) is 3.49. The fourth-order valence-corrected chi connectivity index (χ4v) is 5.64. The third-order valence-electron chi connectivity index (χ3n) is 5.24. The number of nitrogens with one attached hydrogen (secondary N) is 2. The molecule has 8 nitrogen and oxygen atoms in total. The maximum Gasteiger partial charge on any atom is 0.256 e. The highest BCUT2D eigenvalue weighted by Gasteiger charge is 2.20. The molecule has 0 atom stereocenters. The lowest BCUT2D eigenvalue weighted by molar-refractivity contribution is -0.113. The number of hydrogen-bond acceptors (Lipinski definition) is 7. The number of fused-ring (bicyclic) bond motifs is 1. The summed E-state index contributed by atoms with van der Waals surface area (Å²) < 4.78 is 16.8. The summed E-state index contributed by atoms with van der Waals surface area (Å²) >= 11 is 14.8. The van der Waals surface area contributed by atoms with Crippen molar-refractivity contribution in [2.24, 2.45) is 0 Å². The quantitative estimate of drug-likeness (QED) is 0.217. The van der Waals surface area contributed by atoms with Gasteiger partial charge in [0.2, 0.25) is 5.91 Å². The van der Waals surface area contributed by atoms with Crippen LogP contribution in [0.25, 0.3) is 15.9 Å². The molecule has 0 unspecified atom stereocenters. The van der Waals surface area contributed by atoms with Crippen LogP contribution in [0, 0.1) is 5.82 Å². The third-order valence-corrected chi connectivity index (χ3v) is 7.67. The van der Waals surface area contributed by atoms with Crippen LogP contribution in [0.2, 0.25) is 10.0 Å². The Morgan fingerprint density at radius 2 is 1.84 bits per heavy atom. The number of halogens is 3. The van der Waals surface area contributed by atoms with Gasteiger partial charge >= 0.3 is 0 Å². The molecular weight excluding hydrogens is 570 g/mol. The van der Waals surface area contributed by atoms with Crippen LogP contribution in [-0.4, -0.2) is 37.3 Å². The van der Waals surface area contributed by atoms with E-state index in [1.807, 2.05) is 24.3 Å². The van der Waals surface area contributed by atoms with Crippen molar-refractivity contribution in [3.63, 3.8) is 0 Å². The van der Waals surface area contributed by atoms with Gasteiger partial charge in [-0.2, -0.15) is 0 Å². The molecule has 2 amide bonds. The SMILES string of the molecule is O=C(CSc1nnc(CNC(=O)c2c(F)cccc2Cl)n1-c1cccc(Cl)c1)Nc1nc2ccccc2s1. The van der Waals surface area contributed by atoms with E-state index in [-0.39, 0.29) is 28.8 Å². The zero-order valence-corrected chi connectivity index (χ0v) is 22.5. The van der Waals surface area contributed by atoms with Crippen molar-refractivity contribution in [3.8, 4) is 5.69 Å². The molecule has 38 heavy (non-hydrogen) atoms. The van der Waals surface area contributed by atoms with Crippen molar-refractivity contribution < 1.29 is 14.0 Å². The summed E-state index contributed by atoms with van der Waals surface area (Å²) in [5, 5.41) is 15.2. The molecule has 0 aliphatic heterocycles. The lowest BCUT2D eigenvalue weighted by Crippen LogP contribution is -2.26. The molecule has 0 fully saturated rings. The Labute approximate surface area is 234 Å². The van der Waals surface area contributed by atoms with Crippen LogP contribution < -0.4 is 10.6 Å². The highest BCUT2D eigenvalue weighted by atomic mass is 35.5. The second kappa shape index (κ2) is 11.5. The van der Waals surface area contributed by atoms with E-state index in [1.54, 1.807) is 28.8 Å². The molecule has 5 rings (SSSR count). The first-order valence-electron chi connectivity index (χ1n) is 11.1.